The van der Waals surface area contributed by atoms with E-state index < -0.39 is 23.7 Å². The first-order valence-corrected chi connectivity index (χ1v) is 12.1. The standard InChI is InChI=1S/C28H38N2O5/c1-6-7-8-24(30-27(33)35-28(3,4)5)26(32)34-19-23-15-13-21(14-16-23)17-25(31)29-18-22-11-9-20(2)10-12-22/h9-16,24H,6-8,17-19H2,1-5H3,(H,29,31)(H,30,33)/t24-/m0/s1. The number of carbonyl (C=O) groups is 3. The van der Waals surface area contributed by atoms with Crippen molar-refractivity contribution < 1.29 is 23.9 Å². The van der Waals surface area contributed by atoms with Crippen molar-refractivity contribution >= 4 is 18.0 Å². The summed E-state index contributed by atoms with van der Waals surface area (Å²) in [5.74, 6) is -0.555. The Morgan fingerprint density at radius 2 is 1.51 bits per heavy atom. The minimum atomic E-state index is -0.763. The summed E-state index contributed by atoms with van der Waals surface area (Å²) in [5, 5.41) is 5.55. The van der Waals surface area contributed by atoms with Gasteiger partial charge in [-0.3, -0.25) is 4.79 Å². The van der Waals surface area contributed by atoms with Gasteiger partial charge in [-0.1, -0.05) is 73.9 Å². The van der Waals surface area contributed by atoms with E-state index in [1.54, 1.807) is 20.8 Å². The Labute approximate surface area is 208 Å². The summed E-state index contributed by atoms with van der Waals surface area (Å²) in [6.07, 6.45) is 1.77. The van der Waals surface area contributed by atoms with Gasteiger partial charge in [-0.2, -0.15) is 0 Å². The van der Waals surface area contributed by atoms with E-state index in [9.17, 15) is 14.4 Å². The molecule has 0 radical (unpaired) electrons. The first-order chi connectivity index (χ1) is 16.6. The summed E-state index contributed by atoms with van der Waals surface area (Å²) < 4.78 is 10.7. The molecule has 0 saturated heterocycles. The third kappa shape index (κ3) is 11.1. The maximum absolute atomic E-state index is 12.6. The highest BCUT2D eigenvalue weighted by Gasteiger charge is 2.25. The average Bonchev–Trinajstić information content (AvgIpc) is 2.79. The highest BCUT2D eigenvalue weighted by atomic mass is 16.6. The van der Waals surface area contributed by atoms with Crippen LogP contribution in [0.15, 0.2) is 48.5 Å². The van der Waals surface area contributed by atoms with Gasteiger partial charge in [0.15, 0.2) is 0 Å². The molecule has 0 spiro atoms. The number of benzene rings is 2. The fourth-order valence-corrected chi connectivity index (χ4v) is 3.27. The summed E-state index contributed by atoms with van der Waals surface area (Å²) in [6, 6.07) is 14.6. The maximum atomic E-state index is 12.6. The molecular formula is C28H38N2O5. The third-order valence-corrected chi connectivity index (χ3v) is 5.20. The molecule has 190 valence electrons. The van der Waals surface area contributed by atoms with Crippen molar-refractivity contribution in [1.82, 2.24) is 10.6 Å². The molecule has 0 heterocycles. The second-order valence-corrected chi connectivity index (χ2v) is 9.70. The number of hydrogen-bond donors (Lipinski definition) is 2. The third-order valence-electron chi connectivity index (χ3n) is 5.20. The van der Waals surface area contributed by atoms with E-state index in [1.165, 1.54) is 5.56 Å². The van der Waals surface area contributed by atoms with Gasteiger partial charge in [-0.15, -0.1) is 0 Å². The van der Waals surface area contributed by atoms with Gasteiger partial charge in [0.05, 0.1) is 6.42 Å². The van der Waals surface area contributed by atoms with Crippen LogP contribution >= 0.6 is 0 Å². The lowest BCUT2D eigenvalue weighted by Crippen LogP contribution is -2.44. The number of esters is 1. The average molecular weight is 483 g/mol. The largest absolute Gasteiger partial charge is 0.459 e. The number of alkyl carbamates (subject to hydrolysis) is 1. The van der Waals surface area contributed by atoms with Gasteiger partial charge in [0, 0.05) is 6.54 Å². The van der Waals surface area contributed by atoms with Gasteiger partial charge in [-0.25, -0.2) is 9.59 Å². The van der Waals surface area contributed by atoms with E-state index >= 15 is 0 Å². The molecule has 2 rings (SSSR count). The number of ether oxygens (including phenoxy) is 2. The van der Waals surface area contributed by atoms with Crippen LogP contribution in [0.25, 0.3) is 0 Å². The molecule has 0 aliphatic heterocycles. The van der Waals surface area contributed by atoms with Crippen molar-refractivity contribution in [2.45, 2.75) is 85.1 Å². The summed E-state index contributed by atoms with van der Waals surface area (Å²) in [4.78, 5) is 37.0. The summed E-state index contributed by atoms with van der Waals surface area (Å²) in [6.45, 7) is 9.91. The van der Waals surface area contributed by atoms with E-state index in [0.29, 0.717) is 13.0 Å². The van der Waals surface area contributed by atoms with Crippen molar-refractivity contribution in [2.75, 3.05) is 0 Å². The van der Waals surface area contributed by atoms with Crippen LogP contribution < -0.4 is 10.6 Å². The fraction of sp³-hybridized carbons (Fsp3) is 0.464. The number of nitrogens with one attached hydrogen (secondary N) is 2. The number of hydrogen-bond acceptors (Lipinski definition) is 5. The molecule has 1 atom stereocenters. The number of rotatable bonds is 11. The second kappa shape index (κ2) is 13.5. The van der Waals surface area contributed by atoms with E-state index in [0.717, 1.165) is 29.5 Å². The molecule has 0 aliphatic rings. The number of carbonyl (C=O) groups excluding carboxylic acids is 3. The first-order valence-electron chi connectivity index (χ1n) is 12.1. The Balaban J connectivity index is 1.82. The van der Waals surface area contributed by atoms with E-state index in [-0.39, 0.29) is 18.9 Å². The van der Waals surface area contributed by atoms with Gasteiger partial charge >= 0.3 is 12.1 Å². The van der Waals surface area contributed by atoms with Crippen molar-refractivity contribution in [3.05, 3.63) is 70.8 Å². The zero-order valence-electron chi connectivity index (χ0n) is 21.5. The highest BCUT2D eigenvalue weighted by molar-refractivity contribution is 5.81. The Morgan fingerprint density at radius 1 is 0.914 bits per heavy atom. The predicted octanol–water partition coefficient (Wildman–Crippen LogP) is 4.98. The molecule has 0 bridgehead atoms. The van der Waals surface area contributed by atoms with Gasteiger partial charge < -0.3 is 20.1 Å². The van der Waals surface area contributed by atoms with Crippen LogP contribution in [-0.2, 0) is 38.6 Å². The normalized spacial score (nSPS) is 11.9. The van der Waals surface area contributed by atoms with E-state index in [2.05, 4.69) is 10.6 Å². The zero-order chi connectivity index (χ0) is 25.8. The Hall–Kier alpha value is -3.35. The van der Waals surface area contributed by atoms with Gasteiger partial charge in [-0.05, 0) is 50.8 Å². The van der Waals surface area contributed by atoms with Crippen LogP contribution in [0.5, 0.6) is 0 Å². The smallest absolute Gasteiger partial charge is 0.408 e. The van der Waals surface area contributed by atoms with Crippen LogP contribution in [-0.4, -0.2) is 29.6 Å². The van der Waals surface area contributed by atoms with Crippen LogP contribution in [0, 0.1) is 6.92 Å². The Bertz CT molecular complexity index is 962. The summed E-state index contributed by atoms with van der Waals surface area (Å²) >= 11 is 0. The molecule has 7 heteroatoms. The lowest BCUT2D eigenvalue weighted by molar-refractivity contribution is -0.147. The lowest BCUT2D eigenvalue weighted by atomic mass is 10.1. The van der Waals surface area contributed by atoms with Crippen LogP contribution in [0.1, 0.15) is 69.2 Å². The Morgan fingerprint density at radius 3 is 2.11 bits per heavy atom. The SMILES string of the molecule is CCCC[C@H](NC(=O)OC(C)(C)C)C(=O)OCc1ccc(CC(=O)NCc2ccc(C)cc2)cc1. The zero-order valence-corrected chi connectivity index (χ0v) is 21.5. The van der Waals surface area contributed by atoms with Crippen molar-refractivity contribution in [3.8, 4) is 0 Å². The van der Waals surface area contributed by atoms with Crippen LogP contribution in [0.3, 0.4) is 0 Å². The van der Waals surface area contributed by atoms with Gasteiger partial charge in [0.25, 0.3) is 0 Å². The monoisotopic (exact) mass is 482 g/mol. The molecule has 0 aromatic heterocycles. The maximum Gasteiger partial charge on any atom is 0.408 e. The molecule has 0 fully saturated rings. The molecule has 0 aliphatic carbocycles. The first kappa shape index (κ1) is 27.9. The minimum absolute atomic E-state index is 0.0586. The molecular weight excluding hydrogens is 444 g/mol. The highest BCUT2D eigenvalue weighted by Crippen LogP contribution is 2.11. The number of aryl methyl sites for hydroxylation is 1. The molecule has 0 saturated carbocycles. The topological polar surface area (TPSA) is 93.7 Å². The predicted molar refractivity (Wildman–Crippen MR) is 136 cm³/mol. The quantitative estimate of drug-likeness (QED) is 0.441. The number of amides is 2. The fourth-order valence-electron chi connectivity index (χ4n) is 3.27. The Kier molecular flexibility index (Phi) is 10.8. The molecule has 7 nitrogen and oxygen atoms in total. The van der Waals surface area contributed by atoms with Gasteiger partial charge in [0.1, 0.15) is 18.2 Å². The number of unbranched alkanes of at least 4 members (excludes halogenated alkanes) is 1. The minimum Gasteiger partial charge on any atom is -0.459 e. The van der Waals surface area contributed by atoms with E-state index in [4.69, 9.17) is 9.47 Å². The van der Waals surface area contributed by atoms with Crippen molar-refractivity contribution in [2.24, 2.45) is 0 Å². The second-order valence-electron chi connectivity index (χ2n) is 9.70. The van der Waals surface area contributed by atoms with E-state index in [1.807, 2.05) is 62.4 Å². The molecule has 2 N–H and O–H groups in total. The molecule has 35 heavy (non-hydrogen) atoms. The lowest BCUT2D eigenvalue weighted by Gasteiger charge is -2.23. The van der Waals surface area contributed by atoms with Crippen LogP contribution in [0.4, 0.5) is 4.79 Å². The van der Waals surface area contributed by atoms with Crippen molar-refractivity contribution in [3.63, 3.8) is 0 Å². The summed E-state index contributed by atoms with van der Waals surface area (Å²) in [7, 11) is 0. The van der Waals surface area contributed by atoms with Crippen molar-refractivity contribution in [1.29, 1.82) is 0 Å². The molecule has 2 aromatic carbocycles. The molecule has 2 aromatic rings. The van der Waals surface area contributed by atoms with Gasteiger partial charge in [0.2, 0.25) is 5.91 Å². The van der Waals surface area contributed by atoms with Crippen LogP contribution in [0.2, 0.25) is 0 Å². The molecule has 0 unspecified atom stereocenters. The summed E-state index contributed by atoms with van der Waals surface area (Å²) in [5.41, 5.74) is 3.26. The molecule has 2 amide bonds.